The predicted molar refractivity (Wildman–Crippen MR) is 115 cm³/mol. The fourth-order valence-corrected chi connectivity index (χ4v) is 3.83. The summed E-state index contributed by atoms with van der Waals surface area (Å²) in [5, 5.41) is 2.83. The number of amides is 1. The lowest BCUT2D eigenvalue weighted by molar-refractivity contribution is -0.118. The summed E-state index contributed by atoms with van der Waals surface area (Å²) in [6.45, 7) is 3.86. The van der Waals surface area contributed by atoms with Gasteiger partial charge in [0, 0.05) is 18.1 Å². The molecule has 2 aromatic carbocycles. The fourth-order valence-electron chi connectivity index (χ4n) is 3.04. The number of aromatic nitrogens is 2. The number of carbonyl (C=O) groups is 1. The van der Waals surface area contributed by atoms with Crippen molar-refractivity contribution in [3.05, 3.63) is 70.5 Å². The molecule has 29 heavy (non-hydrogen) atoms. The van der Waals surface area contributed by atoms with Crippen LogP contribution in [0.15, 0.2) is 63.7 Å². The molecule has 4 aromatic rings. The second-order valence-corrected chi connectivity index (χ2v) is 7.53. The van der Waals surface area contributed by atoms with Crippen molar-refractivity contribution in [2.45, 2.75) is 13.8 Å². The Morgan fingerprint density at radius 2 is 2.07 bits per heavy atom. The van der Waals surface area contributed by atoms with Crippen LogP contribution >= 0.6 is 15.9 Å². The van der Waals surface area contributed by atoms with Gasteiger partial charge in [0.25, 0.3) is 5.91 Å². The highest BCUT2D eigenvalue weighted by atomic mass is 79.9. The number of fused-ring (bicyclic) bond motifs is 1. The molecule has 6 nitrogen and oxygen atoms in total. The van der Waals surface area contributed by atoms with Crippen LogP contribution in [0.1, 0.15) is 11.1 Å². The largest absolute Gasteiger partial charge is 0.482 e. The van der Waals surface area contributed by atoms with Crippen molar-refractivity contribution in [1.29, 1.82) is 0 Å². The molecule has 0 saturated carbocycles. The quantitative estimate of drug-likeness (QED) is 0.446. The van der Waals surface area contributed by atoms with Gasteiger partial charge in [0.15, 0.2) is 12.2 Å². The summed E-state index contributed by atoms with van der Waals surface area (Å²) in [6, 6.07) is 13.0. The molecule has 146 valence electrons. The number of aryl methyl sites for hydroxylation is 2. The molecule has 2 aromatic heterocycles. The second-order valence-electron chi connectivity index (χ2n) is 6.67. The number of halogens is 1. The Bertz CT molecular complexity index is 1170. The zero-order chi connectivity index (χ0) is 20.4. The number of rotatable bonds is 5. The Morgan fingerprint density at radius 1 is 1.21 bits per heavy atom. The molecule has 0 aliphatic rings. The molecule has 0 unspecified atom stereocenters. The molecule has 0 bridgehead atoms. The third-order valence-electron chi connectivity index (χ3n) is 4.30. The van der Waals surface area contributed by atoms with Crippen molar-refractivity contribution in [3.8, 4) is 17.2 Å². The Hall–Kier alpha value is -3.19. The molecule has 7 heteroatoms. The predicted octanol–water partition coefficient (Wildman–Crippen LogP) is 5.29. The van der Waals surface area contributed by atoms with E-state index >= 15 is 0 Å². The van der Waals surface area contributed by atoms with Gasteiger partial charge < -0.3 is 14.5 Å². The number of anilines is 1. The van der Waals surface area contributed by atoms with Crippen LogP contribution in [0.2, 0.25) is 0 Å². The van der Waals surface area contributed by atoms with Gasteiger partial charge in [-0.15, -0.1) is 0 Å². The highest BCUT2D eigenvalue weighted by molar-refractivity contribution is 9.10. The van der Waals surface area contributed by atoms with Crippen LogP contribution in [0.4, 0.5) is 5.69 Å². The standard InChI is InChI=1S/C22H18BrN3O3/c1-13-8-14(2)21(17(23)9-13)28-12-20(27)25-16-5-6-19-18(10-16)26-22(29-19)15-4-3-7-24-11-15/h3-11H,12H2,1-2H3,(H,25,27). The van der Waals surface area contributed by atoms with Gasteiger partial charge in [-0.25, -0.2) is 4.98 Å². The Kier molecular flexibility index (Phi) is 5.31. The lowest BCUT2D eigenvalue weighted by Gasteiger charge is -2.12. The summed E-state index contributed by atoms with van der Waals surface area (Å²) < 4.78 is 12.3. The first-order valence-electron chi connectivity index (χ1n) is 9.00. The minimum atomic E-state index is -0.257. The second kappa shape index (κ2) is 8.05. The molecular formula is C22H18BrN3O3. The lowest BCUT2D eigenvalue weighted by Crippen LogP contribution is -2.20. The zero-order valence-electron chi connectivity index (χ0n) is 15.9. The Balaban J connectivity index is 1.46. The van der Waals surface area contributed by atoms with Crippen LogP contribution in [0.5, 0.6) is 5.75 Å². The molecule has 0 saturated heterocycles. The molecule has 1 N–H and O–H groups in total. The third kappa shape index (κ3) is 4.30. The maximum Gasteiger partial charge on any atom is 0.262 e. The smallest absolute Gasteiger partial charge is 0.262 e. The van der Waals surface area contributed by atoms with Crippen LogP contribution in [-0.4, -0.2) is 22.5 Å². The molecule has 0 fully saturated rings. The van der Waals surface area contributed by atoms with E-state index in [2.05, 4.69) is 31.2 Å². The SMILES string of the molecule is Cc1cc(C)c(OCC(=O)Nc2ccc3oc(-c4cccnc4)nc3c2)c(Br)c1. The maximum atomic E-state index is 12.3. The average molecular weight is 452 g/mol. The van der Waals surface area contributed by atoms with E-state index in [9.17, 15) is 4.79 Å². The summed E-state index contributed by atoms with van der Waals surface area (Å²) in [4.78, 5) is 20.9. The molecule has 0 atom stereocenters. The summed E-state index contributed by atoms with van der Waals surface area (Å²) in [7, 11) is 0. The van der Waals surface area contributed by atoms with Gasteiger partial charge in [-0.2, -0.15) is 0 Å². The normalized spacial score (nSPS) is 10.9. The molecule has 0 radical (unpaired) electrons. The van der Waals surface area contributed by atoms with Crippen LogP contribution in [0, 0.1) is 13.8 Å². The average Bonchev–Trinajstić information content (AvgIpc) is 3.11. The molecule has 0 spiro atoms. The van der Waals surface area contributed by atoms with Crippen molar-refractivity contribution < 1.29 is 13.9 Å². The van der Waals surface area contributed by atoms with Crippen LogP contribution in [0.3, 0.4) is 0 Å². The van der Waals surface area contributed by atoms with E-state index in [1.165, 1.54) is 0 Å². The molecular weight excluding hydrogens is 434 g/mol. The highest BCUT2D eigenvalue weighted by Crippen LogP contribution is 2.30. The van der Waals surface area contributed by atoms with Gasteiger partial charge >= 0.3 is 0 Å². The van der Waals surface area contributed by atoms with E-state index in [0.29, 0.717) is 28.4 Å². The number of oxazole rings is 1. The van der Waals surface area contributed by atoms with Crippen LogP contribution < -0.4 is 10.1 Å². The Morgan fingerprint density at radius 3 is 2.83 bits per heavy atom. The Labute approximate surface area is 176 Å². The van der Waals surface area contributed by atoms with Gasteiger partial charge in [-0.3, -0.25) is 9.78 Å². The monoisotopic (exact) mass is 451 g/mol. The lowest BCUT2D eigenvalue weighted by atomic mass is 10.1. The number of carbonyl (C=O) groups excluding carboxylic acids is 1. The third-order valence-corrected chi connectivity index (χ3v) is 4.89. The molecule has 4 rings (SSSR count). The van der Waals surface area contributed by atoms with Gasteiger partial charge in [-0.1, -0.05) is 6.07 Å². The zero-order valence-corrected chi connectivity index (χ0v) is 17.5. The number of benzene rings is 2. The summed E-state index contributed by atoms with van der Waals surface area (Å²) in [5.74, 6) is 0.894. The van der Waals surface area contributed by atoms with E-state index in [4.69, 9.17) is 9.15 Å². The summed E-state index contributed by atoms with van der Waals surface area (Å²) in [6.07, 6.45) is 3.38. The van der Waals surface area contributed by atoms with E-state index in [1.54, 1.807) is 30.6 Å². The number of nitrogens with zero attached hydrogens (tertiary/aromatic N) is 2. The maximum absolute atomic E-state index is 12.3. The van der Waals surface area contributed by atoms with E-state index < -0.39 is 0 Å². The van der Waals surface area contributed by atoms with Crippen molar-refractivity contribution in [3.63, 3.8) is 0 Å². The topological polar surface area (TPSA) is 77.2 Å². The van der Waals surface area contributed by atoms with Gasteiger partial charge in [0.2, 0.25) is 5.89 Å². The molecule has 0 aliphatic carbocycles. The fraction of sp³-hybridized carbons (Fsp3) is 0.136. The van der Waals surface area contributed by atoms with E-state index in [0.717, 1.165) is 21.2 Å². The van der Waals surface area contributed by atoms with Gasteiger partial charge in [0.05, 0.1) is 10.0 Å². The van der Waals surface area contributed by atoms with Crippen LogP contribution in [-0.2, 0) is 4.79 Å². The minimum Gasteiger partial charge on any atom is -0.482 e. The number of pyridine rings is 1. The van der Waals surface area contributed by atoms with E-state index in [1.807, 2.05) is 38.1 Å². The number of nitrogens with one attached hydrogen (secondary N) is 1. The van der Waals surface area contributed by atoms with Crippen LogP contribution in [0.25, 0.3) is 22.6 Å². The minimum absolute atomic E-state index is 0.0969. The highest BCUT2D eigenvalue weighted by Gasteiger charge is 2.12. The van der Waals surface area contributed by atoms with Gasteiger partial charge in [-0.05, 0) is 77.3 Å². The number of hydrogen-bond donors (Lipinski definition) is 1. The number of hydrogen-bond acceptors (Lipinski definition) is 5. The van der Waals surface area contributed by atoms with Crippen molar-refractivity contribution in [2.24, 2.45) is 0 Å². The number of ether oxygens (including phenoxy) is 1. The molecule has 1 amide bonds. The van der Waals surface area contributed by atoms with Crippen molar-refractivity contribution in [1.82, 2.24) is 9.97 Å². The molecule has 2 heterocycles. The first-order chi connectivity index (χ1) is 14.0. The molecule has 0 aliphatic heterocycles. The van der Waals surface area contributed by atoms with Crippen molar-refractivity contribution >= 4 is 38.6 Å². The summed E-state index contributed by atoms with van der Waals surface area (Å²) >= 11 is 3.48. The summed E-state index contributed by atoms with van der Waals surface area (Å²) in [5.41, 5.74) is 4.80. The van der Waals surface area contributed by atoms with Gasteiger partial charge in [0.1, 0.15) is 11.3 Å². The first-order valence-corrected chi connectivity index (χ1v) is 9.79. The van der Waals surface area contributed by atoms with E-state index in [-0.39, 0.29) is 12.5 Å². The van der Waals surface area contributed by atoms with Crippen molar-refractivity contribution in [2.75, 3.05) is 11.9 Å². The first kappa shape index (κ1) is 19.1.